The van der Waals surface area contributed by atoms with Crippen LogP contribution in [0.2, 0.25) is 0 Å². The normalized spacial score (nSPS) is 11.5. The number of fused-ring (bicyclic) bond motifs is 3. The van der Waals surface area contributed by atoms with Crippen LogP contribution in [0.4, 0.5) is 0 Å². The molecule has 0 atom stereocenters. The Kier molecular flexibility index (Phi) is 3.15. The van der Waals surface area contributed by atoms with Gasteiger partial charge in [0.2, 0.25) is 0 Å². The van der Waals surface area contributed by atoms with Crippen molar-refractivity contribution in [3.05, 3.63) is 71.8 Å². The van der Waals surface area contributed by atoms with Gasteiger partial charge in [-0.2, -0.15) is 0 Å². The second kappa shape index (κ2) is 4.97. The van der Waals surface area contributed by atoms with Crippen LogP contribution in [-0.2, 0) is 0 Å². The Morgan fingerprint density at radius 2 is 1.80 bits per heavy atom. The molecule has 98 valence electrons. The maximum atomic E-state index is 4.00. The van der Waals surface area contributed by atoms with Gasteiger partial charge in [0.15, 0.2) is 0 Å². The number of benzene rings is 3. The Labute approximate surface area is 120 Å². The summed E-state index contributed by atoms with van der Waals surface area (Å²) in [6.45, 7) is 8.24. The Hall–Kier alpha value is -2.34. The van der Waals surface area contributed by atoms with Gasteiger partial charge < -0.3 is 0 Å². The fourth-order valence-electron chi connectivity index (χ4n) is 3.00. The van der Waals surface area contributed by atoms with Crippen molar-refractivity contribution in [2.24, 2.45) is 0 Å². The maximum absolute atomic E-state index is 4.00. The topological polar surface area (TPSA) is 0 Å². The molecular weight excluding hydrogens is 240 g/mol. The summed E-state index contributed by atoms with van der Waals surface area (Å²) >= 11 is 0. The van der Waals surface area contributed by atoms with Crippen LogP contribution in [-0.4, -0.2) is 0 Å². The lowest BCUT2D eigenvalue weighted by molar-refractivity contribution is 1.51. The van der Waals surface area contributed by atoms with E-state index in [9.17, 15) is 0 Å². The molecule has 20 heavy (non-hydrogen) atoms. The standard InChI is InChI=1S/C20H18/c1-4-8-16-13-14(3)20-18-10-7-6-9-15(18)11-12-19(20)17(16)5-2/h4-13H,2H2,1,3H3/b8-4-. The predicted octanol–water partition coefficient (Wildman–Crippen LogP) is 5.98. The van der Waals surface area contributed by atoms with Crippen molar-refractivity contribution in [2.45, 2.75) is 13.8 Å². The van der Waals surface area contributed by atoms with E-state index in [1.165, 1.54) is 38.2 Å². The molecule has 0 aliphatic heterocycles. The first-order chi connectivity index (χ1) is 9.76. The van der Waals surface area contributed by atoms with Crippen LogP contribution in [0.5, 0.6) is 0 Å². The van der Waals surface area contributed by atoms with E-state index in [0.29, 0.717) is 0 Å². The first kappa shape index (κ1) is 12.7. The molecule has 0 aliphatic carbocycles. The van der Waals surface area contributed by atoms with E-state index in [1.54, 1.807) is 0 Å². The summed E-state index contributed by atoms with van der Waals surface area (Å²) in [5.41, 5.74) is 3.77. The SMILES string of the molecule is C=Cc1c(/C=C\C)cc(C)c2c1ccc1ccccc12. The summed E-state index contributed by atoms with van der Waals surface area (Å²) in [7, 11) is 0. The van der Waals surface area contributed by atoms with Gasteiger partial charge in [0, 0.05) is 0 Å². The monoisotopic (exact) mass is 258 g/mol. The summed E-state index contributed by atoms with van der Waals surface area (Å²) in [6, 6.07) is 15.2. The van der Waals surface area contributed by atoms with Gasteiger partial charge in [-0.25, -0.2) is 0 Å². The molecule has 0 aromatic heterocycles. The maximum Gasteiger partial charge on any atom is -0.00697 e. The molecule has 0 aliphatic rings. The summed E-state index contributed by atoms with van der Waals surface area (Å²) in [4.78, 5) is 0. The lowest BCUT2D eigenvalue weighted by Gasteiger charge is -2.13. The van der Waals surface area contributed by atoms with E-state index in [4.69, 9.17) is 0 Å². The van der Waals surface area contributed by atoms with Crippen molar-refractivity contribution in [3.8, 4) is 0 Å². The Balaban J connectivity index is 2.55. The van der Waals surface area contributed by atoms with Crippen LogP contribution in [0.25, 0.3) is 33.7 Å². The third-order valence-electron chi connectivity index (χ3n) is 3.85. The highest BCUT2D eigenvalue weighted by Gasteiger charge is 2.09. The molecule has 0 heteroatoms. The highest BCUT2D eigenvalue weighted by Crippen LogP contribution is 2.33. The van der Waals surface area contributed by atoms with Gasteiger partial charge in [0.1, 0.15) is 0 Å². The second-order valence-electron chi connectivity index (χ2n) is 5.11. The van der Waals surface area contributed by atoms with Crippen molar-refractivity contribution in [1.82, 2.24) is 0 Å². The van der Waals surface area contributed by atoms with Crippen molar-refractivity contribution in [3.63, 3.8) is 0 Å². The zero-order valence-electron chi connectivity index (χ0n) is 12.0. The van der Waals surface area contributed by atoms with Crippen molar-refractivity contribution >= 4 is 33.7 Å². The van der Waals surface area contributed by atoms with E-state index >= 15 is 0 Å². The molecule has 3 aromatic carbocycles. The highest BCUT2D eigenvalue weighted by atomic mass is 14.1. The largest absolute Gasteiger partial charge is 0.0984 e. The van der Waals surface area contributed by atoms with E-state index in [0.717, 1.165) is 0 Å². The fourth-order valence-corrected chi connectivity index (χ4v) is 3.00. The van der Waals surface area contributed by atoms with Crippen LogP contribution in [0, 0.1) is 6.92 Å². The average Bonchev–Trinajstić information content (AvgIpc) is 2.47. The fraction of sp³-hybridized carbons (Fsp3) is 0.100. The summed E-state index contributed by atoms with van der Waals surface area (Å²) < 4.78 is 0. The van der Waals surface area contributed by atoms with Crippen LogP contribution < -0.4 is 0 Å². The van der Waals surface area contributed by atoms with Gasteiger partial charge in [-0.05, 0) is 52.1 Å². The third-order valence-corrected chi connectivity index (χ3v) is 3.85. The van der Waals surface area contributed by atoms with Gasteiger partial charge in [-0.1, -0.05) is 67.3 Å². The molecule has 0 heterocycles. The molecule has 0 spiro atoms. The quantitative estimate of drug-likeness (QED) is 0.496. The number of allylic oxidation sites excluding steroid dienone is 1. The minimum Gasteiger partial charge on any atom is -0.0984 e. The van der Waals surface area contributed by atoms with E-state index < -0.39 is 0 Å². The summed E-state index contributed by atoms with van der Waals surface area (Å²) in [5, 5.41) is 5.23. The molecule has 3 rings (SSSR count). The number of hydrogen-bond acceptors (Lipinski definition) is 0. The highest BCUT2D eigenvalue weighted by molar-refractivity contribution is 6.12. The van der Waals surface area contributed by atoms with Crippen LogP contribution in [0.15, 0.2) is 55.1 Å². The molecule has 0 N–H and O–H groups in total. The molecule has 3 aromatic rings. The van der Waals surface area contributed by atoms with Crippen LogP contribution >= 0.6 is 0 Å². The molecular formula is C20H18. The summed E-state index contributed by atoms with van der Waals surface area (Å²) in [6.07, 6.45) is 6.19. The molecule has 0 fully saturated rings. The predicted molar refractivity (Wildman–Crippen MR) is 91.0 cm³/mol. The minimum absolute atomic E-state index is 1.22. The molecule has 0 saturated heterocycles. The van der Waals surface area contributed by atoms with Gasteiger partial charge in [-0.3, -0.25) is 0 Å². The van der Waals surface area contributed by atoms with E-state index in [2.05, 4.69) is 68.1 Å². The molecule has 0 amide bonds. The van der Waals surface area contributed by atoms with Crippen molar-refractivity contribution < 1.29 is 0 Å². The Morgan fingerprint density at radius 3 is 2.55 bits per heavy atom. The van der Waals surface area contributed by atoms with Gasteiger partial charge in [0.25, 0.3) is 0 Å². The van der Waals surface area contributed by atoms with Gasteiger partial charge >= 0.3 is 0 Å². The molecule has 0 unspecified atom stereocenters. The van der Waals surface area contributed by atoms with Crippen molar-refractivity contribution in [2.75, 3.05) is 0 Å². The zero-order valence-corrected chi connectivity index (χ0v) is 12.0. The lowest BCUT2D eigenvalue weighted by Crippen LogP contribution is -1.89. The third kappa shape index (κ3) is 1.85. The molecule has 0 saturated carbocycles. The first-order valence-corrected chi connectivity index (χ1v) is 6.96. The number of hydrogen-bond donors (Lipinski definition) is 0. The first-order valence-electron chi connectivity index (χ1n) is 6.96. The van der Waals surface area contributed by atoms with Crippen LogP contribution in [0.3, 0.4) is 0 Å². The van der Waals surface area contributed by atoms with Crippen LogP contribution in [0.1, 0.15) is 23.6 Å². The summed E-state index contributed by atoms with van der Waals surface area (Å²) in [5.74, 6) is 0. The Bertz CT molecular complexity index is 835. The van der Waals surface area contributed by atoms with Crippen molar-refractivity contribution in [1.29, 1.82) is 0 Å². The van der Waals surface area contributed by atoms with Gasteiger partial charge in [-0.15, -0.1) is 0 Å². The number of rotatable bonds is 2. The zero-order chi connectivity index (χ0) is 14.1. The smallest absolute Gasteiger partial charge is 0.00697 e. The average molecular weight is 258 g/mol. The van der Waals surface area contributed by atoms with E-state index in [1.807, 2.05) is 13.0 Å². The Morgan fingerprint density at radius 1 is 1.00 bits per heavy atom. The van der Waals surface area contributed by atoms with Gasteiger partial charge in [0.05, 0.1) is 0 Å². The molecule has 0 bridgehead atoms. The molecule has 0 nitrogen and oxygen atoms in total. The van der Waals surface area contributed by atoms with E-state index in [-0.39, 0.29) is 0 Å². The second-order valence-corrected chi connectivity index (χ2v) is 5.11. The lowest BCUT2D eigenvalue weighted by atomic mass is 9.91. The molecule has 0 radical (unpaired) electrons. The minimum atomic E-state index is 1.22. The number of aryl methyl sites for hydroxylation is 1.